The first-order chi connectivity index (χ1) is 23.6. The van der Waals surface area contributed by atoms with E-state index < -0.39 is 24.0 Å². The van der Waals surface area contributed by atoms with E-state index in [1.165, 1.54) is 27.8 Å². The molecule has 0 spiro atoms. The first-order valence-corrected chi connectivity index (χ1v) is 17.2. The van der Waals surface area contributed by atoms with Crippen LogP contribution in [0.15, 0.2) is 47.8 Å². The zero-order chi connectivity index (χ0) is 38.2. The van der Waals surface area contributed by atoms with E-state index in [2.05, 4.69) is 48.6 Å². The summed E-state index contributed by atoms with van der Waals surface area (Å²) in [6.45, 7) is 17.5. The summed E-state index contributed by atoms with van der Waals surface area (Å²) in [5.74, 6) is -4.45. The topological polar surface area (TPSA) is 127 Å². The quantitative estimate of drug-likeness (QED) is 0.200. The molecule has 8 nitrogen and oxygen atoms in total. The first kappa shape index (κ1) is 46.8. The van der Waals surface area contributed by atoms with Crippen LogP contribution in [0.5, 0.6) is 0 Å². The van der Waals surface area contributed by atoms with Crippen LogP contribution in [0, 0.1) is 12.8 Å². The molecule has 2 heterocycles. The summed E-state index contributed by atoms with van der Waals surface area (Å²) in [6.07, 6.45) is 13.6. The van der Waals surface area contributed by atoms with Gasteiger partial charge >= 0.3 is 0 Å². The van der Waals surface area contributed by atoms with Crippen molar-refractivity contribution in [2.24, 2.45) is 11.5 Å². The molecule has 0 saturated heterocycles. The summed E-state index contributed by atoms with van der Waals surface area (Å²) in [6, 6.07) is 11.6. The minimum absolute atomic E-state index is 0.00997. The molecule has 0 fully saturated rings. The Kier molecular flexibility index (Phi) is 24.5. The number of carbonyl (C=O) groups excluding carboxylic acids is 4. The fourth-order valence-electron chi connectivity index (χ4n) is 5.22. The monoisotopic (exact) mass is 684 g/mol. The standard InChI is InChI=1S/C16H16F2N2O2.C13H17NO.C2H5NO.3C2H6.C2H2/c1-2-9-3-4-11-10(5-9)7-20(8-16(11,17)18)12-6-13(21)15(22)14(12)19;1-2-11-5-6-12-4-3-7-14(8-9-15)13(12)10-11;3-1-2-4;4*1-2/h3-5H,2,6-8,19H2,1H3;5-6,9-10H,2-4,7-8H2,1H3;2H,1,3H2;3*1-2H3;1-2H. The maximum absolute atomic E-state index is 14.4. The van der Waals surface area contributed by atoms with Crippen LogP contribution < -0.4 is 16.4 Å². The number of fused-ring (bicyclic) bond motifs is 2. The van der Waals surface area contributed by atoms with Gasteiger partial charge < -0.3 is 30.9 Å². The van der Waals surface area contributed by atoms with Crippen LogP contribution in [-0.2, 0) is 50.9 Å². The fourth-order valence-corrected chi connectivity index (χ4v) is 5.22. The number of rotatable bonds is 6. The van der Waals surface area contributed by atoms with Gasteiger partial charge in [-0.05, 0) is 54.0 Å². The molecule has 2 aliphatic heterocycles. The van der Waals surface area contributed by atoms with Crippen LogP contribution in [0.2, 0.25) is 0 Å². The maximum Gasteiger partial charge on any atom is 0.290 e. The van der Waals surface area contributed by atoms with E-state index in [9.17, 15) is 23.2 Å². The Morgan fingerprint density at radius 2 is 1.43 bits per heavy atom. The number of alkyl halides is 2. The number of Topliss-reactive ketones (excluding diaryl/α,β-unsaturated/α-hetero) is 2. The number of aldehydes is 2. The number of terminal acetylenes is 1. The van der Waals surface area contributed by atoms with Gasteiger partial charge in [0.25, 0.3) is 5.92 Å². The number of halogens is 2. The largest absolute Gasteiger partial charge is 0.394 e. The molecule has 272 valence electrons. The van der Waals surface area contributed by atoms with Gasteiger partial charge in [-0.3, -0.25) is 9.59 Å². The van der Waals surface area contributed by atoms with Gasteiger partial charge in [0.2, 0.25) is 11.6 Å². The van der Waals surface area contributed by atoms with E-state index in [0.717, 1.165) is 44.1 Å². The predicted octanol–water partition coefficient (Wildman–Crippen LogP) is 6.54. The number of hydrogen-bond acceptors (Lipinski definition) is 8. The van der Waals surface area contributed by atoms with Crippen molar-refractivity contribution in [1.82, 2.24) is 4.90 Å². The molecule has 0 unspecified atom stereocenters. The van der Waals surface area contributed by atoms with E-state index >= 15 is 0 Å². The lowest BCUT2D eigenvalue weighted by atomic mass is 9.93. The van der Waals surface area contributed by atoms with Gasteiger partial charge in [-0.15, -0.1) is 12.8 Å². The van der Waals surface area contributed by atoms with Crippen molar-refractivity contribution in [3.05, 3.63) is 75.6 Å². The third kappa shape index (κ3) is 13.6. The second-order valence-electron chi connectivity index (χ2n) is 10.1. The van der Waals surface area contributed by atoms with Gasteiger partial charge in [-0.2, -0.15) is 8.78 Å². The van der Waals surface area contributed by atoms with Crippen LogP contribution in [-0.4, -0.2) is 55.2 Å². The summed E-state index contributed by atoms with van der Waals surface area (Å²) >= 11 is 0. The van der Waals surface area contributed by atoms with Crippen molar-refractivity contribution in [3.63, 3.8) is 0 Å². The normalized spacial score (nSPS) is 14.7. The zero-order valence-corrected chi connectivity index (χ0v) is 30.8. The fraction of sp³-hybridized carbons (Fsp3) is 0.487. The Hall–Kier alpha value is -4.36. The minimum Gasteiger partial charge on any atom is -0.394 e. The molecule has 0 aromatic heterocycles. The average molecular weight is 685 g/mol. The molecule has 5 rings (SSSR count). The Balaban J connectivity index is 0. The lowest BCUT2D eigenvalue weighted by Crippen LogP contribution is -2.40. The number of benzene rings is 2. The highest BCUT2D eigenvalue weighted by Gasteiger charge is 2.43. The molecule has 2 aromatic rings. The lowest BCUT2D eigenvalue weighted by molar-refractivity contribution is -0.133. The van der Waals surface area contributed by atoms with Gasteiger partial charge in [0, 0.05) is 36.6 Å². The summed E-state index contributed by atoms with van der Waals surface area (Å²) < 4.78 is 28.8. The third-order valence-electron chi connectivity index (χ3n) is 7.41. The van der Waals surface area contributed by atoms with Crippen LogP contribution in [0.25, 0.3) is 0 Å². The number of aryl methyl sites for hydroxylation is 3. The summed E-state index contributed by atoms with van der Waals surface area (Å²) in [5, 5.41) is 0. The Bertz CT molecular complexity index is 1370. The molecule has 4 N–H and O–H groups in total. The molecule has 0 saturated carbocycles. The maximum atomic E-state index is 14.4. The Morgan fingerprint density at radius 1 is 0.878 bits per heavy atom. The van der Waals surface area contributed by atoms with E-state index in [4.69, 9.17) is 10.5 Å². The number of ketones is 2. The molecular formula is C39H58F2N4O4. The van der Waals surface area contributed by atoms with Crippen molar-refractivity contribution in [3.8, 4) is 12.8 Å². The third-order valence-corrected chi connectivity index (χ3v) is 7.41. The predicted molar refractivity (Wildman–Crippen MR) is 197 cm³/mol. The highest BCUT2D eigenvalue weighted by atomic mass is 19.3. The average Bonchev–Trinajstić information content (AvgIpc) is 3.41. The van der Waals surface area contributed by atoms with Crippen LogP contribution >= 0.6 is 0 Å². The number of hydrogen-bond donors (Lipinski definition) is 2. The molecule has 0 radical (unpaired) electrons. The Morgan fingerprint density at radius 3 is 1.92 bits per heavy atom. The molecule has 3 aliphatic rings. The van der Waals surface area contributed by atoms with E-state index in [-0.39, 0.29) is 36.5 Å². The van der Waals surface area contributed by atoms with Gasteiger partial charge in [0.1, 0.15) is 18.3 Å². The second-order valence-corrected chi connectivity index (χ2v) is 10.1. The van der Waals surface area contributed by atoms with Crippen LogP contribution in [0.1, 0.15) is 96.0 Å². The van der Waals surface area contributed by atoms with Crippen LogP contribution in [0.3, 0.4) is 0 Å². The SMILES string of the molecule is C#C.CC.CC.CC.CCc1ccc2c(c1)CN(C1=C(N)C(=O)C(=O)C1)CC2(F)F.CCc1ccc2c(c1)N(CC=O)CCC2.NCC=O. The molecule has 10 heteroatoms. The minimum atomic E-state index is -3.04. The van der Waals surface area contributed by atoms with E-state index in [0.29, 0.717) is 18.4 Å². The number of allylic oxidation sites excluding steroid dienone is 2. The number of nitrogens with zero attached hydrogens (tertiary/aromatic N) is 2. The van der Waals surface area contributed by atoms with Crippen molar-refractivity contribution in [2.75, 3.05) is 31.1 Å². The van der Waals surface area contributed by atoms with Gasteiger partial charge in [0.15, 0.2) is 0 Å². The summed E-state index contributed by atoms with van der Waals surface area (Å²) in [5.41, 5.74) is 15.8. The number of nitrogens with two attached hydrogens (primary N) is 2. The highest BCUT2D eigenvalue weighted by molar-refractivity contribution is 6.46. The molecule has 0 atom stereocenters. The number of anilines is 1. The summed E-state index contributed by atoms with van der Waals surface area (Å²) in [4.78, 5) is 46.2. The molecule has 0 amide bonds. The first-order valence-electron chi connectivity index (χ1n) is 17.2. The molecule has 49 heavy (non-hydrogen) atoms. The summed E-state index contributed by atoms with van der Waals surface area (Å²) in [7, 11) is 0. The smallest absolute Gasteiger partial charge is 0.290 e. The van der Waals surface area contributed by atoms with Gasteiger partial charge in [0.05, 0.1) is 19.5 Å². The van der Waals surface area contributed by atoms with Crippen molar-refractivity contribution in [1.29, 1.82) is 0 Å². The zero-order valence-electron chi connectivity index (χ0n) is 30.8. The van der Waals surface area contributed by atoms with Crippen LogP contribution in [0.4, 0.5) is 14.5 Å². The molecular weight excluding hydrogens is 626 g/mol. The molecule has 0 bridgehead atoms. The van der Waals surface area contributed by atoms with E-state index in [1.54, 1.807) is 12.1 Å². The number of carbonyl (C=O) groups is 4. The molecule has 1 aliphatic carbocycles. The van der Waals surface area contributed by atoms with Crippen molar-refractivity contribution in [2.45, 2.75) is 100.0 Å². The van der Waals surface area contributed by atoms with Crippen molar-refractivity contribution >= 4 is 29.8 Å². The Labute approximate surface area is 293 Å². The second kappa shape index (κ2) is 25.6. The van der Waals surface area contributed by atoms with Gasteiger partial charge in [-0.1, -0.05) is 85.7 Å². The molecule has 2 aromatic carbocycles. The van der Waals surface area contributed by atoms with Gasteiger partial charge in [-0.25, -0.2) is 0 Å². The van der Waals surface area contributed by atoms with E-state index in [1.807, 2.05) is 48.5 Å². The highest BCUT2D eigenvalue weighted by Crippen LogP contribution is 2.40. The lowest BCUT2D eigenvalue weighted by Gasteiger charge is -2.36. The van der Waals surface area contributed by atoms with Crippen molar-refractivity contribution < 1.29 is 28.0 Å².